The molecule has 2 nitrogen and oxygen atoms in total. The molecule has 0 atom stereocenters. The molecule has 0 saturated heterocycles. The number of carbonyl (C=O) groups excluding carboxylic acids is 1. The quantitative estimate of drug-likeness (QED) is 0.683. The van der Waals surface area contributed by atoms with Gasteiger partial charge in [-0.25, -0.2) is 0 Å². The predicted octanol–water partition coefficient (Wildman–Crippen LogP) is 3.91. The molecular formula is C15H13ClO2S. The normalized spacial score (nSPS) is 10.2. The largest absolute Gasteiger partial charge is 0.461 e. The van der Waals surface area contributed by atoms with Crippen LogP contribution in [0.5, 0.6) is 0 Å². The first-order valence-electron chi connectivity index (χ1n) is 5.82. The average Bonchev–Trinajstić information content (AvgIpc) is 2.40. The molecule has 19 heavy (non-hydrogen) atoms. The van der Waals surface area contributed by atoms with Gasteiger partial charge < -0.3 is 4.74 Å². The van der Waals surface area contributed by atoms with E-state index in [1.165, 1.54) is 0 Å². The number of ether oxygens (including phenoxy) is 1. The number of halogens is 1. The first kappa shape index (κ1) is 14.0. The first-order chi connectivity index (χ1) is 9.15. The highest BCUT2D eigenvalue weighted by Crippen LogP contribution is 2.16. The molecule has 0 amide bonds. The second kappa shape index (κ2) is 6.64. The summed E-state index contributed by atoms with van der Waals surface area (Å²) in [5.41, 5.74) is 1.71. The molecule has 2 aromatic carbocycles. The van der Waals surface area contributed by atoms with E-state index < -0.39 is 0 Å². The second-order valence-electron chi connectivity index (χ2n) is 4.10. The van der Waals surface area contributed by atoms with Crippen molar-refractivity contribution >= 4 is 30.2 Å². The van der Waals surface area contributed by atoms with E-state index in [2.05, 4.69) is 12.6 Å². The zero-order valence-electron chi connectivity index (χ0n) is 10.2. The van der Waals surface area contributed by atoms with Crippen LogP contribution in [-0.4, -0.2) is 5.97 Å². The third kappa shape index (κ3) is 4.30. The molecule has 0 unspecified atom stereocenters. The lowest BCUT2D eigenvalue weighted by atomic mass is 10.1. The summed E-state index contributed by atoms with van der Waals surface area (Å²) < 4.78 is 5.20. The fourth-order valence-electron chi connectivity index (χ4n) is 1.61. The van der Waals surface area contributed by atoms with E-state index in [4.69, 9.17) is 16.3 Å². The Hall–Kier alpha value is -1.45. The number of carbonyl (C=O) groups is 1. The molecule has 98 valence electrons. The van der Waals surface area contributed by atoms with Crippen LogP contribution in [0.2, 0.25) is 5.02 Å². The van der Waals surface area contributed by atoms with Gasteiger partial charge in [-0.2, -0.15) is 0 Å². The SMILES string of the molecule is O=C(Cc1ccc(S)cc1)OCc1ccccc1Cl. The number of thiol groups is 1. The van der Waals surface area contributed by atoms with E-state index >= 15 is 0 Å². The van der Waals surface area contributed by atoms with Gasteiger partial charge in [-0.1, -0.05) is 41.9 Å². The summed E-state index contributed by atoms with van der Waals surface area (Å²) in [5, 5.41) is 0.606. The first-order valence-corrected chi connectivity index (χ1v) is 6.64. The minimum atomic E-state index is -0.271. The highest BCUT2D eigenvalue weighted by atomic mass is 35.5. The van der Waals surface area contributed by atoms with Gasteiger partial charge in [0.15, 0.2) is 0 Å². The van der Waals surface area contributed by atoms with Crippen LogP contribution >= 0.6 is 24.2 Å². The summed E-state index contributed by atoms with van der Waals surface area (Å²) in [7, 11) is 0. The van der Waals surface area contributed by atoms with Gasteiger partial charge in [-0.05, 0) is 23.8 Å². The Morgan fingerprint density at radius 3 is 2.47 bits per heavy atom. The molecule has 0 saturated carbocycles. The fourth-order valence-corrected chi connectivity index (χ4v) is 1.94. The number of hydrogen-bond donors (Lipinski definition) is 1. The number of rotatable bonds is 4. The summed E-state index contributed by atoms with van der Waals surface area (Å²) in [6.45, 7) is 0.198. The second-order valence-corrected chi connectivity index (χ2v) is 5.02. The topological polar surface area (TPSA) is 26.3 Å². The van der Waals surface area contributed by atoms with Gasteiger partial charge in [-0.15, -0.1) is 12.6 Å². The van der Waals surface area contributed by atoms with Crippen molar-refractivity contribution in [1.82, 2.24) is 0 Å². The van der Waals surface area contributed by atoms with Gasteiger partial charge in [0.1, 0.15) is 6.61 Å². The maximum atomic E-state index is 11.7. The van der Waals surface area contributed by atoms with Crippen molar-refractivity contribution in [3.05, 3.63) is 64.7 Å². The number of benzene rings is 2. The Labute approximate surface area is 122 Å². The monoisotopic (exact) mass is 292 g/mol. The third-order valence-electron chi connectivity index (χ3n) is 2.63. The number of esters is 1. The van der Waals surface area contributed by atoms with Gasteiger partial charge in [0.2, 0.25) is 0 Å². The molecule has 0 radical (unpaired) electrons. The van der Waals surface area contributed by atoms with E-state index in [1.54, 1.807) is 6.07 Å². The molecule has 0 aliphatic carbocycles. The molecule has 0 aromatic heterocycles. The molecule has 2 aromatic rings. The zero-order valence-corrected chi connectivity index (χ0v) is 11.8. The van der Waals surface area contributed by atoms with Crippen LogP contribution in [0.1, 0.15) is 11.1 Å². The minimum absolute atomic E-state index is 0.198. The maximum Gasteiger partial charge on any atom is 0.310 e. The molecule has 0 N–H and O–H groups in total. The summed E-state index contributed by atoms with van der Waals surface area (Å²) in [6, 6.07) is 14.7. The van der Waals surface area contributed by atoms with Crippen LogP contribution in [0.4, 0.5) is 0 Å². The maximum absolute atomic E-state index is 11.7. The van der Waals surface area contributed by atoms with Crippen molar-refractivity contribution in [3.63, 3.8) is 0 Å². The van der Waals surface area contributed by atoms with E-state index in [0.29, 0.717) is 5.02 Å². The standard InChI is InChI=1S/C15H13ClO2S/c16-14-4-2-1-3-12(14)10-18-15(17)9-11-5-7-13(19)8-6-11/h1-8,19H,9-10H2. The van der Waals surface area contributed by atoms with Crippen LogP contribution in [0.3, 0.4) is 0 Å². The van der Waals surface area contributed by atoms with Crippen LogP contribution < -0.4 is 0 Å². The van der Waals surface area contributed by atoms with Crippen molar-refractivity contribution in [3.8, 4) is 0 Å². The third-order valence-corrected chi connectivity index (χ3v) is 3.30. The Morgan fingerprint density at radius 1 is 1.11 bits per heavy atom. The molecule has 0 aliphatic heterocycles. The van der Waals surface area contributed by atoms with Crippen LogP contribution in [0.15, 0.2) is 53.4 Å². The van der Waals surface area contributed by atoms with E-state index in [-0.39, 0.29) is 19.0 Å². The van der Waals surface area contributed by atoms with Gasteiger partial charge >= 0.3 is 5.97 Å². The van der Waals surface area contributed by atoms with Crippen LogP contribution in [-0.2, 0) is 22.6 Å². The molecule has 0 fully saturated rings. The summed E-state index contributed by atoms with van der Waals surface area (Å²) >= 11 is 10.2. The van der Waals surface area contributed by atoms with Crippen LogP contribution in [0.25, 0.3) is 0 Å². The van der Waals surface area contributed by atoms with Crippen LogP contribution in [0, 0.1) is 0 Å². The lowest BCUT2D eigenvalue weighted by Gasteiger charge is -2.06. The molecular weight excluding hydrogens is 280 g/mol. The zero-order chi connectivity index (χ0) is 13.7. The predicted molar refractivity (Wildman–Crippen MR) is 78.6 cm³/mol. The van der Waals surface area contributed by atoms with Crippen molar-refractivity contribution < 1.29 is 9.53 Å². The van der Waals surface area contributed by atoms with Gasteiger partial charge in [0, 0.05) is 15.5 Å². The highest BCUT2D eigenvalue weighted by molar-refractivity contribution is 7.80. The molecule has 4 heteroatoms. The van der Waals surface area contributed by atoms with Crippen molar-refractivity contribution in [2.24, 2.45) is 0 Å². The Bertz CT molecular complexity index is 567. The van der Waals surface area contributed by atoms with Gasteiger partial charge in [-0.3, -0.25) is 4.79 Å². The molecule has 0 heterocycles. The molecule has 0 spiro atoms. The molecule has 0 aliphatic rings. The van der Waals surface area contributed by atoms with E-state index in [9.17, 15) is 4.79 Å². The summed E-state index contributed by atoms with van der Waals surface area (Å²) in [4.78, 5) is 12.6. The van der Waals surface area contributed by atoms with Crippen molar-refractivity contribution in [1.29, 1.82) is 0 Å². The Kier molecular flexibility index (Phi) is 4.88. The fraction of sp³-hybridized carbons (Fsp3) is 0.133. The van der Waals surface area contributed by atoms with E-state index in [1.807, 2.05) is 42.5 Å². The summed E-state index contributed by atoms with van der Waals surface area (Å²) in [6.07, 6.45) is 0.249. The average molecular weight is 293 g/mol. The minimum Gasteiger partial charge on any atom is -0.461 e. The molecule has 0 bridgehead atoms. The Balaban J connectivity index is 1.88. The van der Waals surface area contributed by atoms with Crippen molar-refractivity contribution in [2.75, 3.05) is 0 Å². The number of hydrogen-bond acceptors (Lipinski definition) is 3. The molecule has 2 rings (SSSR count). The lowest BCUT2D eigenvalue weighted by molar-refractivity contribution is -0.144. The lowest BCUT2D eigenvalue weighted by Crippen LogP contribution is -2.08. The summed E-state index contributed by atoms with van der Waals surface area (Å²) in [5.74, 6) is -0.271. The Morgan fingerprint density at radius 2 is 1.79 bits per heavy atom. The highest BCUT2D eigenvalue weighted by Gasteiger charge is 2.06. The van der Waals surface area contributed by atoms with Crippen molar-refractivity contribution in [2.45, 2.75) is 17.9 Å². The van der Waals surface area contributed by atoms with Gasteiger partial charge in [0.05, 0.1) is 6.42 Å². The van der Waals surface area contributed by atoms with Gasteiger partial charge in [0.25, 0.3) is 0 Å². The smallest absolute Gasteiger partial charge is 0.310 e. The van der Waals surface area contributed by atoms with E-state index in [0.717, 1.165) is 16.0 Å².